The van der Waals surface area contributed by atoms with Crippen LogP contribution in [0, 0.1) is 17.2 Å². The third kappa shape index (κ3) is 4.43. The lowest BCUT2D eigenvalue weighted by Gasteiger charge is -2.31. The van der Waals surface area contributed by atoms with Crippen LogP contribution in [0.3, 0.4) is 0 Å². The van der Waals surface area contributed by atoms with Crippen molar-refractivity contribution in [1.82, 2.24) is 0 Å². The van der Waals surface area contributed by atoms with Crippen molar-refractivity contribution in [2.24, 2.45) is 17.1 Å². The Bertz CT molecular complexity index is 494. The molecular formula is C18H27ClFN. The van der Waals surface area contributed by atoms with Gasteiger partial charge in [0.05, 0.1) is 0 Å². The first-order chi connectivity index (χ1) is 9.70. The summed E-state index contributed by atoms with van der Waals surface area (Å²) in [5.41, 5.74) is 7.28. The normalized spacial score (nSPS) is 27.4. The minimum absolute atomic E-state index is 0.194. The Morgan fingerprint density at radius 2 is 2.00 bits per heavy atom. The predicted molar refractivity (Wildman–Crippen MR) is 88.1 cm³/mol. The van der Waals surface area contributed by atoms with Crippen LogP contribution < -0.4 is 5.73 Å². The summed E-state index contributed by atoms with van der Waals surface area (Å²) in [4.78, 5) is 0. The van der Waals surface area contributed by atoms with Gasteiger partial charge in [0.25, 0.3) is 0 Å². The van der Waals surface area contributed by atoms with E-state index in [4.69, 9.17) is 17.3 Å². The average Bonchev–Trinajstić information content (AvgIpc) is 2.55. The predicted octanol–water partition coefficient (Wildman–Crippen LogP) is 5.35. The van der Waals surface area contributed by atoms with Crippen LogP contribution in [-0.2, 0) is 6.42 Å². The molecule has 1 saturated carbocycles. The molecule has 1 aromatic carbocycles. The van der Waals surface area contributed by atoms with Gasteiger partial charge in [-0.2, -0.15) is 0 Å². The molecule has 2 rings (SSSR count). The second-order valence-electron chi connectivity index (χ2n) is 7.77. The van der Waals surface area contributed by atoms with Gasteiger partial charge < -0.3 is 5.73 Å². The van der Waals surface area contributed by atoms with Gasteiger partial charge in [0.2, 0.25) is 0 Å². The van der Waals surface area contributed by atoms with E-state index in [1.807, 2.05) is 0 Å². The molecule has 1 aliphatic carbocycles. The van der Waals surface area contributed by atoms with Gasteiger partial charge in [-0.15, -0.1) is 0 Å². The van der Waals surface area contributed by atoms with Crippen LogP contribution in [0.2, 0.25) is 5.02 Å². The largest absolute Gasteiger partial charge is 0.325 e. The molecule has 0 radical (unpaired) electrons. The molecule has 1 aliphatic rings. The second kappa shape index (κ2) is 6.26. The van der Waals surface area contributed by atoms with Crippen molar-refractivity contribution in [3.05, 3.63) is 34.6 Å². The third-order valence-corrected chi connectivity index (χ3v) is 5.23. The molecule has 0 spiro atoms. The molecule has 0 amide bonds. The van der Waals surface area contributed by atoms with Crippen LogP contribution in [0.1, 0.15) is 58.4 Å². The molecule has 0 bridgehead atoms. The van der Waals surface area contributed by atoms with Crippen molar-refractivity contribution in [2.75, 3.05) is 0 Å². The van der Waals surface area contributed by atoms with Crippen molar-refractivity contribution < 1.29 is 4.39 Å². The van der Waals surface area contributed by atoms with Gasteiger partial charge in [-0.3, -0.25) is 0 Å². The van der Waals surface area contributed by atoms with Crippen molar-refractivity contribution in [1.29, 1.82) is 0 Å². The highest BCUT2D eigenvalue weighted by molar-refractivity contribution is 6.30. The van der Waals surface area contributed by atoms with E-state index in [-0.39, 0.29) is 11.4 Å². The summed E-state index contributed by atoms with van der Waals surface area (Å²) >= 11 is 5.99. The monoisotopic (exact) mass is 311 g/mol. The Morgan fingerprint density at radius 3 is 2.67 bits per heavy atom. The highest BCUT2D eigenvalue weighted by Gasteiger charge is 2.34. The minimum Gasteiger partial charge on any atom is -0.325 e. The zero-order chi connectivity index (χ0) is 15.7. The van der Waals surface area contributed by atoms with Gasteiger partial charge >= 0.3 is 0 Å². The van der Waals surface area contributed by atoms with Crippen LogP contribution in [0.5, 0.6) is 0 Å². The first kappa shape index (κ1) is 16.8. The number of halogens is 2. The zero-order valence-electron chi connectivity index (χ0n) is 13.4. The van der Waals surface area contributed by atoms with Crippen LogP contribution in [0.4, 0.5) is 4.39 Å². The molecule has 1 aromatic rings. The molecule has 0 heterocycles. The Labute approximate surface area is 133 Å². The van der Waals surface area contributed by atoms with Gasteiger partial charge in [-0.1, -0.05) is 38.8 Å². The lowest BCUT2D eigenvalue weighted by Crippen LogP contribution is -2.42. The molecule has 118 valence electrons. The Morgan fingerprint density at radius 1 is 1.29 bits per heavy atom. The van der Waals surface area contributed by atoms with Crippen LogP contribution in [0.25, 0.3) is 0 Å². The first-order valence-electron chi connectivity index (χ1n) is 7.92. The highest BCUT2D eigenvalue weighted by Crippen LogP contribution is 2.40. The maximum Gasteiger partial charge on any atom is 0.126 e. The van der Waals surface area contributed by atoms with Gasteiger partial charge in [-0.05, 0) is 67.2 Å². The number of hydrogen-bond donors (Lipinski definition) is 1. The lowest BCUT2D eigenvalue weighted by molar-refractivity contribution is 0.210. The lowest BCUT2D eigenvalue weighted by atomic mass is 9.76. The number of nitrogens with two attached hydrogens (primary N) is 1. The molecule has 2 atom stereocenters. The Balaban J connectivity index is 2.10. The highest BCUT2D eigenvalue weighted by atomic mass is 35.5. The first-order valence-corrected chi connectivity index (χ1v) is 8.30. The molecule has 0 aromatic heterocycles. The molecule has 1 fully saturated rings. The quantitative estimate of drug-likeness (QED) is 0.732. The summed E-state index contributed by atoms with van der Waals surface area (Å²) in [6.45, 7) is 6.91. The summed E-state index contributed by atoms with van der Waals surface area (Å²) in [6.07, 6.45) is 5.98. The SMILES string of the molecule is CC(C)(C)C1CCCC(N)(Cc2cc(Cl)ccc2F)CC1. The van der Waals surface area contributed by atoms with E-state index in [1.54, 1.807) is 12.1 Å². The fraction of sp³-hybridized carbons (Fsp3) is 0.667. The Kier molecular flexibility index (Phi) is 4.99. The number of rotatable bonds is 2. The van der Waals surface area contributed by atoms with Crippen molar-refractivity contribution in [3.63, 3.8) is 0 Å². The molecule has 2 N–H and O–H groups in total. The van der Waals surface area contributed by atoms with E-state index in [2.05, 4.69) is 20.8 Å². The van der Waals surface area contributed by atoms with Gasteiger partial charge in [-0.25, -0.2) is 4.39 Å². The number of benzene rings is 1. The fourth-order valence-corrected chi connectivity index (χ4v) is 3.73. The minimum atomic E-state index is -0.300. The Hall–Kier alpha value is -0.600. The topological polar surface area (TPSA) is 26.0 Å². The second-order valence-corrected chi connectivity index (χ2v) is 8.21. The van der Waals surface area contributed by atoms with Crippen molar-refractivity contribution >= 4 is 11.6 Å². The van der Waals surface area contributed by atoms with E-state index >= 15 is 0 Å². The van der Waals surface area contributed by atoms with E-state index in [1.165, 1.54) is 12.5 Å². The maximum atomic E-state index is 13.9. The third-order valence-electron chi connectivity index (χ3n) is 4.99. The van der Waals surface area contributed by atoms with E-state index in [0.717, 1.165) is 25.7 Å². The molecule has 21 heavy (non-hydrogen) atoms. The summed E-state index contributed by atoms with van der Waals surface area (Å²) < 4.78 is 13.9. The van der Waals surface area contributed by atoms with Gasteiger partial charge in [0.1, 0.15) is 5.82 Å². The van der Waals surface area contributed by atoms with Gasteiger partial charge in [0.15, 0.2) is 0 Å². The zero-order valence-corrected chi connectivity index (χ0v) is 14.1. The summed E-state index contributed by atoms with van der Waals surface area (Å²) in [5.74, 6) is 0.507. The summed E-state index contributed by atoms with van der Waals surface area (Å²) in [5, 5.41) is 0.580. The molecule has 0 aliphatic heterocycles. The molecule has 3 heteroatoms. The van der Waals surface area contributed by atoms with E-state index in [0.29, 0.717) is 28.3 Å². The molecule has 1 nitrogen and oxygen atoms in total. The molecule has 2 unspecified atom stereocenters. The molecule has 0 saturated heterocycles. The summed E-state index contributed by atoms with van der Waals surface area (Å²) in [7, 11) is 0. The van der Waals surface area contributed by atoms with Gasteiger partial charge in [0, 0.05) is 10.6 Å². The van der Waals surface area contributed by atoms with E-state index in [9.17, 15) is 4.39 Å². The standard InChI is InChI=1S/C18H27ClFN/c1-17(2,3)14-5-4-9-18(21,10-8-14)12-13-11-15(19)6-7-16(13)20/h6-7,11,14H,4-5,8-10,12,21H2,1-3H3. The molecular weight excluding hydrogens is 285 g/mol. The van der Waals surface area contributed by atoms with Crippen LogP contribution in [-0.4, -0.2) is 5.54 Å². The smallest absolute Gasteiger partial charge is 0.126 e. The number of hydrogen-bond acceptors (Lipinski definition) is 1. The fourth-order valence-electron chi connectivity index (χ4n) is 3.53. The van der Waals surface area contributed by atoms with Crippen LogP contribution in [0.15, 0.2) is 18.2 Å². The van der Waals surface area contributed by atoms with Crippen molar-refractivity contribution in [2.45, 2.75) is 64.8 Å². The van der Waals surface area contributed by atoms with Crippen molar-refractivity contribution in [3.8, 4) is 0 Å². The van der Waals surface area contributed by atoms with Crippen LogP contribution >= 0.6 is 11.6 Å². The average molecular weight is 312 g/mol. The summed E-state index contributed by atoms with van der Waals surface area (Å²) in [6, 6.07) is 4.75. The maximum absolute atomic E-state index is 13.9. The van der Waals surface area contributed by atoms with E-state index < -0.39 is 0 Å².